The maximum absolute atomic E-state index is 2.58. The zero-order valence-electron chi connectivity index (χ0n) is 23.6. The lowest BCUT2D eigenvalue weighted by molar-refractivity contribution is 0.150. The highest BCUT2D eigenvalue weighted by Crippen LogP contribution is 2.31. The first-order valence-electron chi connectivity index (χ1n) is 15.6. The van der Waals surface area contributed by atoms with Crippen molar-refractivity contribution in [3.63, 3.8) is 0 Å². The summed E-state index contributed by atoms with van der Waals surface area (Å²) in [7, 11) is 0. The van der Waals surface area contributed by atoms with E-state index < -0.39 is 0 Å². The molecule has 0 aliphatic carbocycles. The smallest absolute Gasteiger partial charge is 0.127 e. The Labute approximate surface area is 219 Å². The molecule has 0 saturated carbocycles. The topological polar surface area (TPSA) is 6.48 Å². The average Bonchev–Trinajstić information content (AvgIpc) is 3.29. The van der Waals surface area contributed by atoms with Crippen molar-refractivity contribution in [1.29, 1.82) is 0 Å². The number of benzene rings is 1. The van der Waals surface area contributed by atoms with Gasteiger partial charge in [0, 0.05) is 25.5 Å². The predicted octanol–water partition coefficient (Wildman–Crippen LogP) is 10.6. The van der Waals surface area contributed by atoms with Crippen LogP contribution in [0.1, 0.15) is 154 Å². The van der Waals surface area contributed by atoms with Gasteiger partial charge < -0.3 is 9.80 Å². The molecule has 1 heterocycles. The molecule has 0 bridgehead atoms. The highest BCUT2D eigenvalue weighted by Gasteiger charge is 2.26. The van der Waals surface area contributed by atoms with E-state index in [1.807, 2.05) is 0 Å². The van der Waals surface area contributed by atoms with Crippen molar-refractivity contribution in [2.75, 3.05) is 13.1 Å². The molecule has 200 valence electrons. The minimum atomic E-state index is 0.397. The van der Waals surface area contributed by atoms with Crippen LogP contribution < -0.4 is 0 Å². The van der Waals surface area contributed by atoms with Gasteiger partial charge in [-0.2, -0.15) is 0 Å². The molecule has 0 aromatic heterocycles. The lowest BCUT2D eigenvalue weighted by Crippen LogP contribution is -2.32. The molecule has 2 heteroatoms. The van der Waals surface area contributed by atoms with Crippen molar-refractivity contribution in [2.45, 2.75) is 148 Å². The van der Waals surface area contributed by atoms with E-state index in [4.69, 9.17) is 0 Å². The molecule has 1 unspecified atom stereocenters. The van der Waals surface area contributed by atoms with E-state index in [0.717, 1.165) is 0 Å². The standard InChI is InChI=1S/C33H58N2/c1-3-5-7-8-9-10-11-12-13-14-15-16-17-18-19-20-25-29-35-31-30-34(28-24-6-4-2)33(35)32-26-22-21-23-27-32/h21-23,26-27,30-31,33H,3-20,24-25,28-29H2,1-2H3. The Morgan fingerprint density at radius 1 is 0.457 bits per heavy atom. The summed E-state index contributed by atoms with van der Waals surface area (Å²) in [5.74, 6) is 0. The van der Waals surface area contributed by atoms with Crippen LogP contribution in [-0.4, -0.2) is 22.9 Å². The van der Waals surface area contributed by atoms with Gasteiger partial charge in [-0.15, -0.1) is 0 Å². The molecule has 1 aliphatic heterocycles. The van der Waals surface area contributed by atoms with Crippen LogP contribution >= 0.6 is 0 Å². The van der Waals surface area contributed by atoms with Crippen LogP contribution in [0.4, 0.5) is 0 Å². The first-order chi connectivity index (χ1) is 17.4. The second kappa shape index (κ2) is 20.7. The predicted molar refractivity (Wildman–Crippen MR) is 155 cm³/mol. The van der Waals surface area contributed by atoms with Gasteiger partial charge >= 0.3 is 0 Å². The largest absolute Gasteiger partial charge is 0.352 e. The first kappa shape index (κ1) is 29.8. The van der Waals surface area contributed by atoms with Gasteiger partial charge in [-0.3, -0.25) is 0 Å². The van der Waals surface area contributed by atoms with Crippen molar-refractivity contribution in [3.8, 4) is 0 Å². The van der Waals surface area contributed by atoms with Crippen LogP contribution in [0.2, 0.25) is 0 Å². The summed E-state index contributed by atoms with van der Waals surface area (Å²) in [5.41, 5.74) is 1.43. The molecule has 0 amide bonds. The van der Waals surface area contributed by atoms with E-state index in [-0.39, 0.29) is 0 Å². The second-order valence-corrected chi connectivity index (χ2v) is 10.9. The van der Waals surface area contributed by atoms with Crippen molar-refractivity contribution >= 4 is 0 Å². The Bertz CT molecular complexity index is 611. The zero-order valence-corrected chi connectivity index (χ0v) is 23.6. The van der Waals surface area contributed by atoms with Crippen LogP contribution in [0.25, 0.3) is 0 Å². The normalized spacial score (nSPS) is 15.4. The number of nitrogens with zero attached hydrogens (tertiary/aromatic N) is 2. The maximum Gasteiger partial charge on any atom is 0.127 e. The highest BCUT2D eigenvalue weighted by molar-refractivity contribution is 5.21. The molecule has 1 aliphatic rings. The first-order valence-corrected chi connectivity index (χ1v) is 15.6. The number of hydrogen-bond acceptors (Lipinski definition) is 2. The molecule has 2 rings (SSSR count). The Morgan fingerprint density at radius 2 is 0.800 bits per heavy atom. The molecule has 0 fully saturated rings. The van der Waals surface area contributed by atoms with E-state index >= 15 is 0 Å². The second-order valence-electron chi connectivity index (χ2n) is 10.9. The molecule has 1 aromatic rings. The Balaban J connectivity index is 1.46. The molecule has 1 atom stereocenters. The zero-order chi connectivity index (χ0) is 24.8. The van der Waals surface area contributed by atoms with Crippen LogP contribution in [0, 0.1) is 0 Å². The van der Waals surface area contributed by atoms with Crippen LogP contribution in [0.3, 0.4) is 0 Å². The van der Waals surface area contributed by atoms with Gasteiger partial charge in [0.25, 0.3) is 0 Å². The van der Waals surface area contributed by atoms with Gasteiger partial charge in [-0.25, -0.2) is 0 Å². The summed E-state index contributed by atoms with van der Waals surface area (Å²) < 4.78 is 0. The Morgan fingerprint density at radius 3 is 1.23 bits per heavy atom. The molecule has 35 heavy (non-hydrogen) atoms. The summed E-state index contributed by atoms with van der Waals surface area (Å²) >= 11 is 0. The van der Waals surface area contributed by atoms with E-state index in [1.54, 1.807) is 0 Å². The molecule has 2 nitrogen and oxygen atoms in total. The fraction of sp³-hybridized carbons (Fsp3) is 0.758. The summed E-state index contributed by atoms with van der Waals surface area (Å²) in [4.78, 5) is 5.13. The van der Waals surface area contributed by atoms with E-state index in [9.17, 15) is 0 Å². The molecular formula is C33H58N2. The molecule has 0 radical (unpaired) electrons. The minimum absolute atomic E-state index is 0.397. The monoisotopic (exact) mass is 482 g/mol. The fourth-order valence-corrected chi connectivity index (χ4v) is 5.49. The average molecular weight is 483 g/mol. The molecule has 0 saturated heterocycles. The van der Waals surface area contributed by atoms with Crippen molar-refractivity contribution in [1.82, 2.24) is 9.80 Å². The molecule has 1 aromatic carbocycles. The van der Waals surface area contributed by atoms with Crippen LogP contribution in [-0.2, 0) is 0 Å². The SMILES string of the molecule is CCCCCCCCCCCCCCCCCCCN1C=CN(CCCCC)C1c1ccccc1. The van der Waals surface area contributed by atoms with Gasteiger partial charge in [-0.05, 0) is 18.4 Å². The van der Waals surface area contributed by atoms with E-state index in [2.05, 4.69) is 66.4 Å². The molecular weight excluding hydrogens is 424 g/mol. The molecule has 0 N–H and O–H groups in total. The quantitative estimate of drug-likeness (QED) is 0.143. The van der Waals surface area contributed by atoms with Gasteiger partial charge in [0.15, 0.2) is 0 Å². The summed E-state index contributed by atoms with van der Waals surface area (Å²) in [5, 5.41) is 0. The third kappa shape index (κ3) is 13.4. The fourth-order valence-electron chi connectivity index (χ4n) is 5.49. The highest BCUT2D eigenvalue weighted by atomic mass is 15.4. The minimum Gasteiger partial charge on any atom is -0.352 e. The summed E-state index contributed by atoms with van der Waals surface area (Å²) in [6.07, 6.45) is 33.4. The van der Waals surface area contributed by atoms with Gasteiger partial charge in [0.1, 0.15) is 6.17 Å². The van der Waals surface area contributed by atoms with E-state index in [1.165, 1.54) is 147 Å². The van der Waals surface area contributed by atoms with Gasteiger partial charge in [0.05, 0.1) is 0 Å². The van der Waals surface area contributed by atoms with Crippen LogP contribution in [0.5, 0.6) is 0 Å². The van der Waals surface area contributed by atoms with Gasteiger partial charge in [0.2, 0.25) is 0 Å². The lowest BCUT2D eigenvalue weighted by Gasteiger charge is -2.33. The Kier molecular flexibility index (Phi) is 17.6. The molecule has 0 spiro atoms. The van der Waals surface area contributed by atoms with Crippen LogP contribution in [0.15, 0.2) is 42.7 Å². The number of rotatable bonds is 23. The summed E-state index contributed by atoms with van der Waals surface area (Å²) in [6, 6.07) is 11.1. The van der Waals surface area contributed by atoms with Gasteiger partial charge in [-0.1, -0.05) is 160 Å². The maximum atomic E-state index is 2.58. The Hall–Kier alpha value is -1.44. The third-order valence-electron chi connectivity index (χ3n) is 7.72. The lowest BCUT2D eigenvalue weighted by atomic mass is 10.0. The van der Waals surface area contributed by atoms with Crippen molar-refractivity contribution in [2.24, 2.45) is 0 Å². The van der Waals surface area contributed by atoms with Crippen molar-refractivity contribution < 1.29 is 0 Å². The van der Waals surface area contributed by atoms with Crippen molar-refractivity contribution in [3.05, 3.63) is 48.3 Å². The number of unbranched alkanes of at least 4 members (excludes halogenated alkanes) is 18. The third-order valence-corrected chi connectivity index (χ3v) is 7.72. The summed E-state index contributed by atoms with van der Waals surface area (Å²) in [6.45, 7) is 6.94. The van der Waals surface area contributed by atoms with E-state index in [0.29, 0.717) is 6.17 Å². The number of hydrogen-bond donors (Lipinski definition) is 0.